The molecule has 3 aromatic rings. The fourth-order valence-corrected chi connectivity index (χ4v) is 4.86. The number of carbonyl (C=O) groups is 2. The summed E-state index contributed by atoms with van der Waals surface area (Å²) in [6.07, 6.45) is 1.75. The van der Waals surface area contributed by atoms with Crippen LogP contribution in [-0.4, -0.2) is 63.4 Å². The van der Waals surface area contributed by atoms with Gasteiger partial charge >= 0.3 is 0 Å². The van der Waals surface area contributed by atoms with Gasteiger partial charge in [-0.3, -0.25) is 9.59 Å². The van der Waals surface area contributed by atoms with Crippen LogP contribution in [0.2, 0.25) is 0 Å². The molecule has 4 rings (SSSR count). The van der Waals surface area contributed by atoms with Crippen LogP contribution in [0.15, 0.2) is 72.4 Å². The number of piperazine rings is 1. The Hall–Kier alpha value is -3.59. The number of allylic oxidation sites excluding steroid dienone is 1. The number of hydrogen-bond acceptors (Lipinski definition) is 6. The van der Waals surface area contributed by atoms with Crippen LogP contribution in [0.5, 0.6) is 0 Å². The van der Waals surface area contributed by atoms with E-state index in [-0.39, 0.29) is 24.1 Å². The molecule has 8 nitrogen and oxygen atoms in total. The standard InChI is InChI=1S/C26H30N6O2S/c1-3-12-32-23(18-27-25(34)21-9-7-8-20(2)17-21)28-29-26(32)35-19-24(33)31-15-13-30(14-16-31)22-10-5-4-6-11-22/h3-11,17H,1,12-16,18-19H2,2H3,(H,27,34). The molecule has 0 bridgehead atoms. The van der Waals surface area contributed by atoms with E-state index < -0.39 is 0 Å². The lowest BCUT2D eigenvalue weighted by molar-refractivity contribution is -0.128. The Balaban J connectivity index is 1.31. The van der Waals surface area contributed by atoms with Gasteiger partial charge in [0.1, 0.15) is 0 Å². The molecule has 1 saturated heterocycles. The first-order valence-electron chi connectivity index (χ1n) is 11.6. The van der Waals surface area contributed by atoms with Crippen LogP contribution in [0, 0.1) is 6.92 Å². The van der Waals surface area contributed by atoms with Crippen LogP contribution in [0.3, 0.4) is 0 Å². The molecule has 0 unspecified atom stereocenters. The lowest BCUT2D eigenvalue weighted by Gasteiger charge is -2.36. The Morgan fingerprint density at radius 1 is 1.06 bits per heavy atom. The second-order valence-corrected chi connectivity index (χ2v) is 9.28. The number of carbonyl (C=O) groups excluding carboxylic acids is 2. The lowest BCUT2D eigenvalue weighted by atomic mass is 10.1. The molecule has 1 aromatic heterocycles. The molecule has 2 heterocycles. The summed E-state index contributed by atoms with van der Waals surface area (Å²) in [4.78, 5) is 29.6. The van der Waals surface area contributed by atoms with Gasteiger partial charge in [0.15, 0.2) is 11.0 Å². The number of aryl methyl sites for hydroxylation is 1. The highest BCUT2D eigenvalue weighted by Crippen LogP contribution is 2.20. The van der Waals surface area contributed by atoms with Crippen LogP contribution < -0.4 is 10.2 Å². The van der Waals surface area contributed by atoms with Gasteiger partial charge in [-0.1, -0.05) is 53.7 Å². The quantitative estimate of drug-likeness (QED) is 0.367. The molecule has 0 aliphatic carbocycles. The number of para-hydroxylation sites is 1. The maximum Gasteiger partial charge on any atom is 0.251 e. The van der Waals surface area contributed by atoms with Gasteiger partial charge in [0.2, 0.25) is 5.91 Å². The Kier molecular flexibility index (Phi) is 8.20. The summed E-state index contributed by atoms with van der Waals surface area (Å²) in [7, 11) is 0. The Labute approximate surface area is 210 Å². The normalized spacial score (nSPS) is 13.5. The van der Waals surface area contributed by atoms with E-state index in [0.29, 0.717) is 36.2 Å². The average molecular weight is 491 g/mol. The second kappa shape index (κ2) is 11.7. The maximum absolute atomic E-state index is 12.8. The van der Waals surface area contributed by atoms with Crippen LogP contribution in [0.4, 0.5) is 5.69 Å². The van der Waals surface area contributed by atoms with E-state index in [1.165, 1.54) is 17.4 Å². The minimum atomic E-state index is -0.166. The summed E-state index contributed by atoms with van der Waals surface area (Å²) < 4.78 is 1.88. The number of rotatable bonds is 9. The van der Waals surface area contributed by atoms with E-state index in [1.807, 2.05) is 52.8 Å². The molecule has 35 heavy (non-hydrogen) atoms. The van der Waals surface area contributed by atoms with Gasteiger partial charge < -0.3 is 19.7 Å². The molecule has 182 valence electrons. The van der Waals surface area contributed by atoms with Crippen LogP contribution >= 0.6 is 11.8 Å². The summed E-state index contributed by atoms with van der Waals surface area (Å²) in [5, 5.41) is 12.1. The van der Waals surface area contributed by atoms with Crippen LogP contribution in [0.25, 0.3) is 0 Å². The van der Waals surface area contributed by atoms with Gasteiger partial charge in [-0.15, -0.1) is 16.8 Å². The zero-order valence-electron chi connectivity index (χ0n) is 19.9. The number of thioether (sulfide) groups is 1. The number of hydrogen-bond donors (Lipinski definition) is 1. The molecule has 1 aliphatic heterocycles. The molecule has 1 N–H and O–H groups in total. The summed E-state index contributed by atoms with van der Waals surface area (Å²) in [5.74, 6) is 0.833. The van der Waals surface area contributed by atoms with Crippen molar-refractivity contribution in [3.05, 3.63) is 84.2 Å². The zero-order valence-corrected chi connectivity index (χ0v) is 20.7. The summed E-state index contributed by atoms with van der Waals surface area (Å²) in [5.41, 5.74) is 2.82. The Bertz CT molecular complexity index is 1170. The second-order valence-electron chi connectivity index (χ2n) is 8.34. The summed E-state index contributed by atoms with van der Waals surface area (Å²) >= 11 is 1.36. The fraction of sp³-hybridized carbons (Fsp3) is 0.308. The van der Waals surface area contributed by atoms with Crippen molar-refractivity contribution >= 4 is 29.3 Å². The number of nitrogens with one attached hydrogen (secondary N) is 1. The molecule has 9 heteroatoms. The highest BCUT2D eigenvalue weighted by molar-refractivity contribution is 7.99. The van der Waals surface area contributed by atoms with Crippen molar-refractivity contribution in [3.63, 3.8) is 0 Å². The van der Waals surface area contributed by atoms with Crippen molar-refractivity contribution in [1.82, 2.24) is 25.0 Å². The number of aromatic nitrogens is 3. The third-order valence-corrected chi connectivity index (χ3v) is 6.82. The van der Waals surface area contributed by atoms with Crippen molar-refractivity contribution in [2.24, 2.45) is 0 Å². The number of benzene rings is 2. The predicted octanol–water partition coefficient (Wildman–Crippen LogP) is 3.14. The summed E-state index contributed by atoms with van der Waals surface area (Å²) in [6.45, 7) is 9.53. The first-order chi connectivity index (χ1) is 17.0. The molecule has 2 amide bonds. The van der Waals surface area contributed by atoms with Crippen molar-refractivity contribution in [2.75, 3.05) is 36.8 Å². The minimum absolute atomic E-state index is 0.0881. The van der Waals surface area contributed by atoms with Gasteiger partial charge in [0, 0.05) is 44.0 Å². The first kappa shape index (κ1) is 24.5. The third-order valence-electron chi connectivity index (χ3n) is 5.87. The molecule has 0 radical (unpaired) electrons. The van der Waals surface area contributed by atoms with Crippen molar-refractivity contribution < 1.29 is 9.59 Å². The number of anilines is 1. The molecular formula is C26H30N6O2S. The van der Waals surface area contributed by atoms with Crippen molar-refractivity contribution in [3.8, 4) is 0 Å². The third kappa shape index (κ3) is 6.30. The van der Waals surface area contributed by atoms with Gasteiger partial charge in [-0.25, -0.2) is 0 Å². The van der Waals surface area contributed by atoms with Crippen molar-refractivity contribution in [1.29, 1.82) is 0 Å². The van der Waals surface area contributed by atoms with Gasteiger partial charge in [0.25, 0.3) is 5.91 Å². The molecule has 0 spiro atoms. The zero-order chi connectivity index (χ0) is 24.6. The lowest BCUT2D eigenvalue weighted by Crippen LogP contribution is -2.49. The minimum Gasteiger partial charge on any atom is -0.368 e. The fourth-order valence-electron chi connectivity index (χ4n) is 3.99. The highest BCUT2D eigenvalue weighted by Gasteiger charge is 2.22. The van der Waals surface area contributed by atoms with E-state index in [2.05, 4.69) is 39.1 Å². The predicted molar refractivity (Wildman–Crippen MR) is 139 cm³/mol. The first-order valence-corrected chi connectivity index (χ1v) is 12.6. The molecule has 1 aliphatic rings. The molecule has 1 fully saturated rings. The van der Waals surface area contributed by atoms with Gasteiger partial charge in [-0.05, 0) is 31.2 Å². The smallest absolute Gasteiger partial charge is 0.251 e. The number of nitrogens with zero attached hydrogens (tertiary/aromatic N) is 5. The van der Waals surface area contributed by atoms with E-state index in [1.54, 1.807) is 12.1 Å². The summed E-state index contributed by atoms with van der Waals surface area (Å²) in [6, 6.07) is 17.7. The van der Waals surface area contributed by atoms with Crippen LogP contribution in [-0.2, 0) is 17.9 Å². The average Bonchev–Trinajstić information content (AvgIpc) is 3.28. The van der Waals surface area contributed by atoms with Crippen LogP contribution in [0.1, 0.15) is 21.7 Å². The van der Waals surface area contributed by atoms with E-state index >= 15 is 0 Å². The van der Waals surface area contributed by atoms with E-state index in [9.17, 15) is 9.59 Å². The van der Waals surface area contributed by atoms with E-state index in [4.69, 9.17) is 0 Å². The monoisotopic (exact) mass is 490 g/mol. The van der Waals surface area contributed by atoms with E-state index in [0.717, 1.165) is 18.7 Å². The molecule has 2 aromatic carbocycles. The molecular weight excluding hydrogens is 460 g/mol. The van der Waals surface area contributed by atoms with Gasteiger partial charge in [0.05, 0.1) is 12.3 Å². The molecule has 0 atom stereocenters. The SMILES string of the molecule is C=CCn1c(CNC(=O)c2cccc(C)c2)nnc1SCC(=O)N1CCN(c2ccccc2)CC1. The van der Waals surface area contributed by atoms with Gasteiger partial charge in [-0.2, -0.15) is 0 Å². The maximum atomic E-state index is 12.8. The number of amides is 2. The Morgan fingerprint density at radius 3 is 2.54 bits per heavy atom. The topological polar surface area (TPSA) is 83.4 Å². The Morgan fingerprint density at radius 2 is 1.83 bits per heavy atom. The largest absolute Gasteiger partial charge is 0.368 e. The highest BCUT2D eigenvalue weighted by atomic mass is 32.2. The van der Waals surface area contributed by atoms with Crippen molar-refractivity contribution in [2.45, 2.75) is 25.2 Å². The molecule has 0 saturated carbocycles.